The maximum atomic E-state index is 13.6. The molecule has 100 valence electrons. The number of carboxylic acid groups (broad SMARTS) is 1. The molecule has 1 rings (SSSR count). The van der Waals surface area contributed by atoms with Crippen LogP contribution in [0.2, 0.25) is 0 Å². The lowest BCUT2D eigenvalue weighted by molar-refractivity contribution is 0.0696. The van der Waals surface area contributed by atoms with Crippen LogP contribution in [-0.2, 0) is 6.54 Å². The van der Waals surface area contributed by atoms with E-state index in [0.717, 1.165) is 6.54 Å². The van der Waals surface area contributed by atoms with Gasteiger partial charge in [0.1, 0.15) is 5.82 Å². The number of halogens is 1. The quantitative estimate of drug-likeness (QED) is 0.896. The van der Waals surface area contributed by atoms with Gasteiger partial charge in [-0.3, -0.25) is 0 Å². The summed E-state index contributed by atoms with van der Waals surface area (Å²) in [6.07, 6.45) is 0. The number of benzene rings is 1. The van der Waals surface area contributed by atoms with Crippen LogP contribution in [0.15, 0.2) is 18.2 Å². The summed E-state index contributed by atoms with van der Waals surface area (Å²) in [4.78, 5) is 12.8. The Bertz CT molecular complexity index is 438. The monoisotopic (exact) mass is 253 g/mol. The van der Waals surface area contributed by atoms with Gasteiger partial charge in [0, 0.05) is 18.7 Å². The number of hydrogen-bond donors (Lipinski definition) is 1. The van der Waals surface area contributed by atoms with Crippen molar-refractivity contribution in [2.24, 2.45) is 5.41 Å². The van der Waals surface area contributed by atoms with Gasteiger partial charge in [-0.25, -0.2) is 9.18 Å². The largest absolute Gasteiger partial charge is 0.478 e. The summed E-state index contributed by atoms with van der Waals surface area (Å²) in [5.74, 6) is -1.39. The first kappa shape index (κ1) is 14.6. The topological polar surface area (TPSA) is 40.5 Å². The van der Waals surface area contributed by atoms with Gasteiger partial charge in [0.2, 0.25) is 0 Å². The van der Waals surface area contributed by atoms with Crippen molar-refractivity contribution in [2.75, 3.05) is 13.6 Å². The van der Waals surface area contributed by atoms with Gasteiger partial charge < -0.3 is 10.0 Å². The first-order valence-electron chi connectivity index (χ1n) is 5.89. The molecule has 0 spiro atoms. The highest BCUT2D eigenvalue weighted by molar-refractivity contribution is 5.87. The van der Waals surface area contributed by atoms with E-state index in [1.165, 1.54) is 18.2 Å². The smallest absolute Gasteiger partial charge is 0.335 e. The Morgan fingerprint density at radius 2 is 2.00 bits per heavy atom. The van der Waals surface area contributed by atoms with Crippen LogP contribution in [0.4, 0.5) is 4.39 Å². The van der Waals surface area contributed by atoms with Crippen LogP contribution in [0.1, 0.15) is 36.7 Å². The average molecular weight is 253 g/mol. The minimum absolute atomic E-state index is 0.121. The molecule has 1 aromatic carbocycles. The summed E-state index contributed by atoms with van der Waals surface area (Å²) < 4.78 is 13.6. The van der Waals surface area contributed by atoms with E-state index in [-0.39, 0.29) is 16.8 Å². The fraction of sp³-hybridized carbons (Fsp3) is 0.500. The maximum absolute atomic E-state index is 13.6. The lowest BCUT2D eigenvalue weighted by Gasteiger charge is -2.26. The summed E-state index contributed by atoms with van der Waals surface area (Å²) in [5, 5.41) is 8.88. The molecule has 0 aliphatic carbocycles. The van der Waals surface area contributed by atoms with Gasteiger partial charge in [-0.05, 0) is 30.7 Å². The van der Waals surface area contributed by atoms with Gasteiger partial charge in [-0.2, -0.15) is 0 Å². The van der Waals surface area contributed by atoms with Crippen molar-refractivity contribution in [3.8, 4) is 0 Å². The Kier molecular flexibility index (Phi) is 4.46. The van der Waals surface area contributed by atoms with Crippen LogP contribution in [0, 0.1) is 11.2 Å². The molecule has 0 heterocycles. The Labute approximate surface area is 107 Å². The second kappa shape index (κ2) is 5.48. The number of nitrogens with zero attached hydrogens (tertiary/aromatic N) is 1. The highest BCUT2D eigenvalue weighted by atomic mass is 19.1. The second-order valence-electron chi connectivity index (χ2n) is 5.84. The number of rotatable bonds is 4. The van der Waals surface area contributed by atoms with Crippen molar-refractivity contribution >= 4 is 5.97 Å². The molecule has 0 aliphatic rings. The van der Waals surface area contributed by atoms with E-state index in [1.807, 2.05) is 11.9 Å². The summed E-state index contributed by atoms with van der Waals surface area (Å²) in [5.41, 5.74) is 0.660. The van der Waals surface area contributed by atoms with Gasteiger partial charge in [-0.1, -0.05) is 20.8 Å². The Morgan fingerprint density at radius 1 is 1.39 bits per heavy atom. The fourth-order valence-corrected chi connectivity index (χ4v) is 1.99. The van der Waals surface area contributed by atoms with Gasteiger partial charge in [0.05, 0.1) is 5.56 Å². The minimum Gasteiger partial charge on any atom is -0.478 e. The SMILES string of the molecule is CN(Cc1cc(C(=O)O)ccc1F)CC(C)(C)C. The van der Waals surface area contributed by atoms with Crippen molar-refractivity contribution in [3.05, 3.63) is 35.1 Å². The van der Waals surface area contributed by atoms with Crippen LogP contribution >= 0.6 is 0 Å². The summed E-state index contributed by atoms with van der Waals surface area (Å²) in [7, 11) is 1.90. The average Bonchev–Trinajstić information content (AvgIpc) is 2.18. The van der Waals surface area contributed by atoms with E-state index >= 15 is 0 Å². The second-order valence-corrected chi connectivity index (χ2v) is 5.84. The van der Waals surface area contributed by atoms with E-state index in [4.69, 9.17) is 5.11 Å². The Morgan fingerprint density at radius 3 is 2.50 bits per heavy atom. The summed E-state index contributed by atoms with van der Waals surface area (Å²) in [6.45, 7) is 7.53. The highest BCUT2D eigenvalue weighted by Crippen LogP contribution is 2.18. The molecule has 4 heteroatoms. The fourth-order valence-electron chi connectivity index (χ4n) is 1.99. The molecule has 0 amide bonds. The number of carboxylic acids is 1. The molecule has 0 radical (unpaired) electrons. The van der Waals surface area contributed by atoms with Gasteiger partial charge >= 0.3 is 5.97 Å². The molecule has 0 aliphatic heterocycles. The van der Waals surface area contributed by atoms with Crippen LogP contribution < -0.4 is 0 Å². The van der Waals surface area contributed by atoms with Crippen LogP contribution in [0.3, 0.4) is 0 Å². The minimum atomic E-state index is -1.03. The molecule has 0 saturated carbocycles. The molecular weight excluding hydrogens is 233 g/mol. The van der Waals surface area contributed by atoms with Crippen molar-refractivity contribution in [1.82, 2.24) is 4.90 Å². The number of hydrogen-bond acceptors (Lipinski definition) is 2. The first-order chi connectivity index (χ1) is 8.19. The molecule has 0 unspecified atom stereocenters. The molecule has 18 heavy (non-hydrogen) atoms. The third-order valence-electron chi connectivity index (χ3n) is 2.48. The molecular formula is C14H20FNO2. The van der Waals surface area contributed by atoms with Gasteiger partial charge in [-0.15, -0.1) is 0 Å². The molecule has 0 aromatic heterocycles. The van der Waals surface area contributed by atoms with Crippen LogP contribution in [-0.4, -0.2) is 29.6 Å². The van der Waals surface area contributed by atoms with Crippen LogP contribution in [0.25, 0.3) is 0 Å². The van der Waals surface area contributed by atoms with E-state index in [2.05, 4.69) is 20.8 Å². The van der Waals surface area contributed by atoms with Gasteiger partial charge in [0.15, 0.2) is 0 Å². The first-order valence-corrected chi connectivity index (χ1v) is 5.89. The molecule has 0 atom stereocenters. The number of aromatic carboxylic acids is 1. The van der Waals surface area contributed by atoms with E-state index < -0.39 is 5.97 Å². The van der Waals surface area contributed by atoms with E-state index in [0.29, 0.717) is 12.1 Å². The van der Waals surface area contributed by atoms with Crippen molar-refractivity contribution in [2.45, 2.75) is 27.3 Å². The predicted octanol–water partition coefficient (Wildman–Crippen LogP) is 3.00. The van der Waals surface area contributed by atoms with E-state index in [1.54, 1.807) is 0 Å². The lowest BCUT2D eigenvalue weighted by atomic mass is 9.96. The Hall–Kier alpha value is -1.42. The molecule has 1 aromatic rings. The molecule has 0 fully saturated rings. The molecule has 0 bridgehead atoms. The summed E-state index contributed by atoms with van der Waals surface area (Å²) >= 11 is 0. The normalized spacial score (nSPS) is 11.9. The molecule has 0 saturated heterocycles. The van der Waals surface area contributed by atoms with E-state index in [9.17, 15) is 9.18 Å². The highest BCUT2D eigenvalue weighted by Gasteiger charge is 2.15. The van der Waals surface area contributed by atoms with Crippen molar-refractivity contribution < 1.29 is 14.3 Å². The van der Waals surface area contributed by atoms with Crippen molar-refractivity contribution in [3.63, 3.8) is 0 Å². The van der Waals surface area contributed by atoms with Crippen LogP contribution in [0.5, 0.6) is 0 Å². The zero-order valence-corrected chi connectivity index (χ0v) is 11.3. The zero-order chi connectivity index (χ0) is 13.9. The Balaban J connectivity index is 2.83. The van der Waals surface area contributed by atoms with Gasteiger partial charge in [0.25, 0.3) is 0 Å². The molecule has 1 N–H and O–H groups in total. The zero-order valence-electron chi connectivity index (χ0n) is 11.3. The third kappa shape index (κ3) is 4.45. The number of carbonyl (C=O) groups is 1. The molecule has 3 nitrogen and oxygen atoms in total. The third-order valence-corrected chi connectivity index (χ3v) is 2.48. The van der Waals surface area contributed by atoms with Crippen molar-refractivity contribution in [1.29, 1.82) is 0 Å². The predicted molar refractivity (Wildman–Crippen MR) is 69.1 cm³/mol. The summed E-state index contributed by atoms with van der Waals surface area (Å²) in [6, 6.07) is 3.89. The standard InChI is InChI=1S/C14H20FNO2/c1-14(2,3)9-16(4)8-11-7-10(13(17)18)5-6-12(11)15/h5-7H,8-9H2,1-4H3,(H,17,18). The lowest BCUT2D eigenvalue weighted by Crippen LogP contribution is -2.29. The maximum Gasteiger partial charge on any atom is 0.335 e.